The molecule has 0 spiro atoms. The minimum Gasteiger partial charge on any atom is -0.496 e. The SMILES string of the molecule is COc1cc2c(cc1Br)CCCNC2=O. The van der Waals surface area contributed by atoms with Gasteiger partial charge in [0.05, 0.1) is 11.6 Å². The number of amides is 1. The molecule has 0 unspecified atom stereocenters. The van der Waals surface area contributed by atoms with E-state index in [0.29, 0.717) is 5.75 Å². The third kappa shape index (κ3) is 2.00. The topological polar surface area (TPSA) is 38.3 Å². The third-order valence-corrected chi connectivity index (χ3v) is 3.15. The van der Waals surface area contributed by atoms with Crippen molar-refractivity contribution in [1.29, 1.82) is 0 Å². The summed E-state index contributed by atoms with van der Waals surface area (Å²) >= 11 is 3.42. The van der Waals surface area contributed by atoms with Crippen molar-refractivity contribution in [3.8, 4) is 5.75 Å². The zero-order chi connectivity index (χ0) is 10.8. The van der Waals surface area contributed by atoms with Gasteiger partial charge in [0, 0.05) is 12.1 Å². The highest BCUT2D eigenvalue weighted by Crippen LogP contribution is 2.29. The molecule has 15 heavy (non-hydrogen) atoms. The number of aryl methyl sites for hydroxylation is 1. The van der Waals surface area contributed by atoms with Crippen LogP contribution in [0, 0.1) is 0 Å². The first-order valence-corrected chi connectivity index (χ1v) is 5.66. The molecule has 0 fully saturated rings. The van der Waals surface area contributed by atoms with Crippen LogP contribution in [0.25, 0.3) is 0 Å². The lowest BCUT2D eigenvalue weighted by Gasteiger charge is -2.09. The first-order valence-electron chi connectivity index (χ1n) is 4.87. The molecule has 3 nitrogen and oxygen atoms in total. The normalized spacial score (nSPS) is 15.2. The molecule has 1 heterocycles. The number of carbonyl (C=O) groups excluding carboxylic acids is 1. The Hall–Kier alpha value is -1.03. The summed E-state index contributed by atoms with van der Waals surface area (Å²) in [5.74, 6) is 0.694. The Morgan fingerprint density at radius 1 is 1.47 bits per heavy atom. The molecule has 0 aromatic heterocycles. The van der Waals surface area contributed by atoms with Crippen LogP contribution >= 0.6 is 15.9 Å². The Balaban J connectivity index is 2.52. The lowest BCUT2D eigenvalue weighted by atomic mass is 10.0. The van der Waals surface area contributed by atoms with E-state index >= 15 is 0 Å². The number of nitrogens with one attached hydrogen (secondary N) is 1. The first kappa shape index (κ1) is 10.5. The minimum absolute atomic E-state index is 0.00620. The van der Waals surface area contributed by atoms with Gasteiger partial charge in [-0.15, -0.1) is 0 Å². The predicted octanol–water partition coefficient (Wildman–Crippen LogP) is 2.13. The standard InChI is InChI=1S/C11H12BrNO2/c1-15-10-6-8-7(5-9(10)12)3-2-4-13-11(8)14/h5-6H,2-4H2,1H3,(H,13,14). The fourth-order valence-corrected chi connectivity index (χ4v) is 2.30. The van der Waals surface area contributed by atoms with Crippen LogP contribution in [0.15, 0.2) is 16.6 Å². The van der Waals surface area contributed by atoms with Crippen LogP contribution in [-0.4, -0.2) is 19.6 Å². The number of hydrogen-bond acceptors (Lipinski definition) is 2. The second-order valence-electron chi connectivity index (χ2n) is 3.50. The van der Waals surface area contributed by atoms with Crippen molar-refractivity contribution in [3.05, 3.63) is 27.7 Å². The molecule has 0 atom stereocenters. The molecular weight excluding hydrogens is 258 g/mol. The molecule has 4 heteroatoms. The molecule has 0 aliphatic carbocycles. The molecule has 2 rings (SSSR count). The molecule has 0 saturated heterocycles. The summed E-state index contributed by atoms with van der Waals surface area (Å²) in [6.45, 7) is 0.743. The van der Waals surface area contributed by atoms with Gasteiger partial charge in [-0.2, -0.15) is 0 Å². The fraction of sp³-hybridized carbons (Fsp3) is 0.364. The second kappa shape index (κ2) is 4.23. The summed E-state index contributed by atoms with van der Waals surface area (Å²) in [5, 5.41) is 2.86. The summed E-state index contributed by atoms with van der Waals surface area (Å²) < 4.78 is 6.07. The maximum absolute atomic E-state index is 11.7. The lowest BCUT2D eigenvalue weighted by molar-refractivity contribution is 0.0955. The van der Waals surface area contributed by atoms with E-state index in [4.69, 9.17) is 4.74 Å². The van der Waals surface area contributed by atoms with Crippen molar-refractivity contribution in [2.24, 2.45) is 0 Å². The van der Waals surface area contributed by atoms with E-state index in [-0.39, 0.29) is 5.91 Å². The van der Waals surface area contributed by atoms with E-state index in [1.807, 2.05) is 6.07 Å². The van der Waals surface area contributed by atoms with Crippen LogP contribution in [0.1, 0.15) is 22.3 Å². The lowest BCUT2D eigenvalue weighted by Crippen LogP contribution is -2.22. The van der Waals surface area contributed by atoms with Crippen molar-refractivity contribution >= 4 is 21.8 Å². The van der Waals surface area contributed by atoms with Gasteiger partial charge < -0.3 is 10.1 Å². The zero-order valence-corrected chi connectivity index (χ0v) is 10.1. The summed E-state index contributed by atoms with van der Waals surface area (Å²) in [6.07, 6.45) is 1.91. The molecule has 1 aromatic rings. The van der Waals surface area contributed by atoms with Crippen LogP contribution < -0.4 is 10.1 Å². The Morgan fingerprint density at radius 3 is 3.00 bits per heavy atom. The molecule has 0 bridgehead atoms. The van der Waals surface area contributed by atoms with Gasteiger partial charge >= 0.3 is 0 Å². The maximum Gasteiger partial charge on any atom is 0.251 e. The number of fused-ring (bicyclic) bond motifs is 1. The monoisotopic (exact) mass is 269 g/mol. The highest BCUT2D eigenvalue weighted by Gasteiger charge is 2.17. The largest absolute Gasteiger partial charge is 0.496 e. The Labute approximate surface area is 96.9 Å². The molecule has 0 saturated carbocycles. The van der Waals surface area contributed by atoms with Crippen LogP contribution in [0.3, 0.4) is 0 Å². The smallest absolute Gasteiger partial charge is 0.251 e. The van der Waals surface area contributed by atoms with E-state index in [2.05, 4.69) is 21.2 Å². The maximum atomic E-state index is 11.7. The number of carbonyl (C=O) groups is 1. The van der Waals surface area contributed by atoms with Crippen molar-refractivity contribution in [2.45, 2.75) is 12.8 Å². The van der Waals surface area contributed by atoms with E-state index in [1.165, 1.54) is 0 Å². The molecule has 1 amide bonds. The van der Waals surface area contributed by atoms with Gasteiger partial charge in [0.25, 0.3) is 5.91 Å². The number of halogens is 1. The van der Waals surface area contributed by atoms with Crippen LogP contribution in [0.5, 0.6) is 5.75 Å². The highest BCUT2D eigenvalue weighted by molar-refractivity contribution is 9.10. The Morgan fingerprint density at radius 2 is 2.27 bits per heavy atom. The molecule has 1 aromatic carbocycles. The van der Waals surface area contributed by atoms with Crippen LogP contribution in [0.4, 0.5) is 0 Å². The molecular formula is C11H12BrNO2. The summed E-state index contributed by atoms with van der Waals surface area (Å²) in [4.78, 5) is 11.7. The average Bonchev–Trinajstić information content (AvgIpc) is 2.40. The third-order valence-electron chi connectivity index (χ3n) is 2.53. The number of hydrogen-bond donors (Lipinski definition) is 1. The molecule has 1 aliphatic rings. The molecule has 80 valence electrons. The van der Waals surface area contributed by atoms with E-state index in [9.17, 15) is 4.79 Å². The molecule has 1 N–H and O–H groups in total. The number of ether oxygens (including phenoxy) is 1. The van der Waals surface area contributed by atoms with Gasteiger partial charge in [0.1, 0.15) is 5.75 Å². The van der Waals surface area contributed by atoms with Crippen molar-refractivity contribution in [3.63, 3.8) is 0 Å². The van der Waals surface area contributed by atoms with Gasteiger partial charge in [-0.25, -0.2) is 0 Å². The zero-order valence-electron chi connectivity index (χ0n) is 8.47. The van der Waals surface area contributed by atoms with E-state index < -0.39 is 0 Å². The molecule has 1 aliphatic heterocycles. The predicted molar refractivity (Wildman–Crippen MR) is 61.3 cm³/mol. The highest BCUT2D eigenvalue weighted by atomic mass is 79.9. The van der Waals surface area contributed by atoms with Gasteiger partial charge in [-0.05, 0) is 46.5 Å². The van der Waals surface area contributed by atoms with Crippen molar-refractivity contribution in [2.75, 3.05) is 13.7 Å². The summed E-state index contributed by atoms with van der Waals surface area (Å²) in [7, 11) is 1.60. The second-order valence-corrected chi connectivity index (χ2v) is 4.36. The van der Waals surface area contributed by atoms with E-state index in [0.717, 1.165) is 35.0 Å². The first-order chi connectivity index (χ1) is 7.22. The quantitative estimate of drug-likeness (QED) is 0.849. The summed E-state index contributed by atoms with van der Waals surface area (Å²) in [6, 6.07) is 3.76. The van der Waals surface area contributed by atoms with Crippen molar-refractivity contribution in [1.82, 2.24) is 5.32 Å². The summed E-state index contributed by atoms with van der Waals surface area (Å²) in [5.41, 5.74) is 1.81. The van der Waals surface area contributed by atoms with Crippen LogP contribution in [0.2, 0.25) is 0 Å². The van der Waals surface area contributed by atoms with Gasteiger partial charge in [-0.3, -0.25) is 4.79 Å². The average molecular weight is 270 g/mol. The van der Waals surface area contributed by atoms with Gasteiger partial charge in [0.15, 0.2) is 0 Å². The Kier molecular flexibility index (Phi) is 2.95. The van der Waals surface area contributed by atoms with E-state index in [1.54, 1.807) is 13.2 Å². The number of methoxy groups -OCH3 is 1. The number of benzene rings is 1. The van der Waals surface area contributed by atoms with Crippen molar-refractivity contribution < 1.29 is 9.53 Å². The molecule has 0 radical (unpaired) electrons. The van der Waals surface area contributed by atoms with Crippen LogP contribution in [-0.2, 0) is 6.42 Å². The van der Waals surface area contributed by atoms with Gasteiger partial charge in [-0.1, -0.05) is 0 Å². The fourth-order valence-electron chi connectivity index (χ4n) is 1.75. The minimum atomic E-state index is -0.00620. The van der Waals surface area contributed by atoms with Gasteiger partial charge in [0.2, 0.25) is 0 Å². The number of rotatable bonds is 1. The Bertz CT molecular complexity index is 404.